The number of ether oxygens (including phenoxy) is 1. The summed E-state index contributed by atoms with van der Waals surface area (Å²) in [5.41, 5.74) is 3.62. The van der Waals surface area contributed by atoms with Crippen molar-refractivity contribution in [3.63, 3.8) is 0 Å². The van der Waals surface area contributed by atoms with E-state index >= 15 is 0 Å². The van der Waals surface area contributed by atoms with Crippen molar-refractivity contribution in [3.8, 4) is 0 Å². The second-order valence-electron chi connectivity index (χ2n) is 7.69. The Bertz CT molecular complexity index is 1270. The van der Waals surface area contributed by atoms with E-state index < -0.39 is 0 Å². The standard InChI is InChI=1S/C22H20ClN5O2S/c1-12(27-21-20-22(25-10-24-21)31-11-26-20)16-8-14-3-2-4-15(23)18(14)19(28-16)17(29)7-13-5-6-30-9-13/h2-4,8,10-13H,5-7,9H2,1H3,(H,24,25,27)/t12-,13?/m0/s1. The van der Waals surface area contributed by atoms with Gasteiger partial charge in [-0.15, -0.1) is 11.3 Å². The lowest BCUT2D eigenvalue weighted by Crippen LogP contribution is -2.15. The molecule has 4 heterocycles. The minimum atomic E-state index is -0.204. The molecule has 5 rings (SSSR count). The van der Waals surface area contributed by atoms with Gasteiger partial charge in [0.05, 0.1) is 22.3 Å². The van der Waals surface area contributed by atoms with E-state index in [1.807, 2.05) is 25.1 Å². The summed E-state index contributed by atoms with van der Waals surface area (Å²) in [5, 5.41) is 5.49. The van der Waals surface area contributed by atoms with Crippen molar-refractivity contribution in [1.82, 2.24) is 19.9 Å². The summed E-state index contributed by atoms with van der Waals surface area (Å²) >= 11 is 7.94. The van der Waals surface area contributed by atoms with Crippen LogP contribution in [0, 0.1) is 5.92 Å². The molecule has 1 aliphatic rings. The predicted molar refractivity (Wildman–Crippen MR) is 122 cm³/mol. The van der Waals surface area contributed by atoms with Gasteiger partial charge < -0.3 is 10.1 Å². The van der Waals surface area contributed by atoms with Gasteiger partial charge in [0.1, 0.15) is 22.4 Å². The minimum Gasteiger partial charge on any atom is -0.381 e. The van der Waals surface area contributed by atoms with Crippen molar-refractivity contribution in [3.05, 3.63) is 52.5 Å². The second-order valence-corrected chi connectivity index (χ2v) is 8.93. The van der Waals surface area contributed by atoms with Crippen LogP contribution in [0.4, 0.5) is 5.82 Å². The molecule has 1 aromatic carbocycles. The van der Waals surface area contributed by atoms with Crippen molar-refractivity contribution >= 4 is 55.7 Å². The number of ketones is 1. The summed E-state index contributed by atoms with van der Waals surface area (Å²) in [6.07, 6.45) is 2.82. The first kappa shape index (κ1) is 20.2. The van der Waals surface area contributed by atoms with E-state index in [0.29, 0.717) is 41.6 Å². The van der Waals surface area contributed by atoms with Crippen molar-refractivity contribution < 1.29 is 9.53 Å². The molecule has 1 fully saturated rings. The first-order valence-electron chi connectivity index (χ1n) is 10.1. The van der Waals surface area contributed by atoms with Crippen LogP contribution in [0.2, 0.25) is 5.02 Å². The van der Waals surface area contributed by atoms with E-state index in [1.165, 1.54) is 17.7 Å². The monoisotopic (exact) mass is 453 g/mol. The fraction of sp³-hybridized carbons (Fsp3) is 0.318. The Morgan fingerprint density at radius 2 is 2.26 bits per heavy atom. The van der Waals surface area contributed by atoms with E-state index in [0.717, 1.165) is 27.8 Å². The SMILES string of the molecule is C[C@H](Nc1ncnc2scnc12)c1cc2cccc(Cl)c2c(C(=O)CC2CCOC2)n1. The molecule has 1 N–H and O–H groups in total. The molecule has 0 saturated carbocycles. The molecule has 9 heteroatoms. The molecule has 0 spiro atoms. The molecule has 0 amide bonds. The van der Waals surface area contributed by atoms with Gasteiger partial charge in [-0.25, -0.2) is 19.9 Å². The van der Waals surface area contributed by atoms with Gasteiger partial charge in [0, 0.05) is 25.0 Å². The first-order valence-corrected chi connectivity index (χ1v) is 11.4. The molecule has 31 heavy (non-hydrogen) atoms. The number of thiazole rings is 1. The largest absolute Gasteiger partial charge is 0.381 e. The molecule has 0 bridgehead atoms. The molecule has 1 saturated heterocycles. The number of aromatic nitrogens is 4. The number of hydrogen-bond donors (Lipinski definition) is 1. The van der Waals surface area contributed by atoms with Crippen molar-refractivity contribution in [2.24, 2.45) is 5.92 Å². The topological polar surface area (TPSA) is 89.9 Å². The molecular weight excluding hydrogens is 434 g/mol. The lowest BCUT2D eigenvalue weighted by atomic mass is 9.97. The molecule has 2 atom stereocenters. The number of rotatable bonds is 6. The van der Waals surface area contributed by atoms with E-state index in [1.54, 1.807) is 11.6 Å². The predicted octanol–water partition coefficient (Wildman–Crippen LogP) is 5.07. The summed E-state index contributed by atoms with van der Waals surface area (Å²) < 4.78 is 5.44. The second kappa shape index (κ2) is 8.45. The number of anilines is 1. The third-order valence-electron chi connectivity index (χ3n) is 5.52. The van der Waals surface area contributed by atoms with Crippen molar-refractivity contribution in [2.75, 3.05) is 18.5 Å². The summed E-state index contributed by atoms with van der Waals surface area (Å²) in [6.45, 7) is 3.31. The maximum absolute atomic E-state index is 13.2. The molecule has 1 aliphatic heterocycles. The van der Waals surface area contributed by atoms with Crippen LogP contribution in [0.25, 0.3) is 21.1 Å². The fourth-order valence-corrected chi connectivity index (χ4v) is 4.79. The summed E-state index contributed by atoms with van der Waals surface area (Å²) in [6, 6.07) is 7.40. The number of fused-ring (bicyclic) bond motifs is 2. The Morgan fingerprint density at radius 1 is 1.35 bits per heavy atom. The molecular formula is C22H20ClN5O2S. The number of carbonyl (C=O) groups is 1. The smallest absolute Gasteiger partial charge is 0.182 e. The third kappa shape index (κ3) is 3.98. The summed E-state index contributed by atoms with van der Waals surface area (Å²) in [7, 11) is 0. The zero-order valence-corrected chi connectivity index (χ0v) is 18.4. The highest BCUT2D eigenvalue weighted by Crippen LogP contribution is 2.31. The van der Waals surface area contributed by atoms with Gasteiger partial charge in [-0.3, -0.25) is 4.79 Å². The van der Waals surface area contributed by atoms with Crippen LogP contribution in [0.5, 0.6) is 0 Å². The number of hydrogen-bond acceptors (Lipinski definition) is 8. The minimum absolute atomic E-state index is 0.00780. The Hall–Kier alpha value is -2.68. The molecule has 158 valence electrons. The molecule has 1 unspecified atom stereocenters. The normalized spacial score (nSPS) is 17.3. The van der Waals surface area contributed by atoms with Crippen LogP contribution >= 0.6 is 22.9 Å². The van der Waals surface area contributed by atoms with Crippen molar-refractivity contribution in [2.45, 2.75) is 25.8 Å². The van der Waals surface area contributed by atoms with Gasteiger partial charge >= 0.3 is 0 Å². The number of halogens is 1. The van der Waals surface area contributed by atoms with Gasteiger partial charge in [-0.2, -0.15) is 0 Å². The summed E-state index contributed by atoms with van der Waals surface area (Å²) in [5.74, 6) is 0.860. The number of nitrogens with one attached hydrogen (secondary N) is 1. The molecule has 7 nitrogen and oxygen atoms in total. The Labute approximate surface area is 187 Å². The van der Waals surface area contributed by atoms with Crippen LogP contribution < -0.4 is 5.32 Å². The molecule has 0 radical (unpaired) electrons. The fourth-order valence-electron chi connectivity index (χ4n) is 3.89. The van der Waals surface area contributed by atoms with E-state index in [-0.39, 0.29) is 17.7 Å². The van der Waals surface area contributed by atoms with Crippen LogP contribution in [-0.4, -0.2) is 38.9 Å². The lowest BCUT2D eigenvalue weighted by molar-refractivity contribution is 0.0949. The number of benzene rings is 1. The zero-order valence-electron chi connectivity index (χ0n) is 16.8. The highest BCUT2D eigenvalue weighted by Gasteiger charge is 2.24. The van der Waals surface area contributed by atoms with Gasteiger partial charge in [0.15, 0.2) is 11.6 Å². The molecule has 4 aromatic rings. The molecule has 3 aromatic heterocycles. The number of nitrogens with zero attached hydrogens (tertiary/aromatic N) is 4. The number of pyridine rings is 1. The maximum atomic E-state index is 13.2. The van der Waals surface area contributed by atoms with Gasteiger partial charge in [-0.1, -0.05) is 23.7 Å². The Balaban J connectivity index is 1.52. The molecule has 0 aliphatic carbocycles. The van der Waals surface area contributed by atoms with Gasteiger partial charge in [0.25, 0.3) is 0 Å². The van der Waals surface area contributed by atoms with Gasteiger partial charge in [-0.05, 0) is 36.8 Å². The van der Waals surface area contributed by atoms with Crippen LogP contribution in [0.3, 0.4) is 0 Å². The van der Waals surface area contributed by atoms with Crippen LogP contribution in [0.1, 0.15) is 42.0 Å². The van der Waals surface area contributed by atoms with Crippen LogP contribution in [0.15, 0.2) is 36.1 Å². The zero-order chi connectivity index (χ0) is 21.4. The average Bonchev–Trinajstić information content (AvgIpc) is 3.45. The maximum Gasteiger partial charge on any atom is 0.182 e. The highest BCUT2D eigenvalue weighted by molar-refractivity contribution is 7.16. The van der Waals surface area contributed by atoms with E-state index in [9.17, 15) is 4.79 Å². The number of Topliss-reactive ketones (excluding diaryl/α,β-unsaturated/α-hetero) is 1. The lowest BCUT2D eigenvalue weighted by Gasteiger charge is -2.17. The number of carbonyl (C=O) groups excluding carboxylic acids is 1. The van der Waals surface area contributed by atoms with Crippen LogP contribution in [-0.2, 0) is 4.74 Å². The van der Waals surface area contributed by atoms with Crippen molar-refractivity contribution in [1.29, 1.82) is 0 Å². The van der Waals surface area contributed by atoms with E-state index in [2.05, 4.69) is 20.3 Å². The third-order valence-corrected chi connectivity index (χ3v) is 6.57. The Morgan fingerprint density at radius 3 is 3.10 bits per heavy atom. The van der Waals surface area contributed by atoms with E-state index in [4.69, 9.17) is 21.3 Å². The first-order chi connectivity index (χ1) is 15.1. The summed E-state index contributed by atoms with van der Waals surface area (Å²) in [4.78, 5) is 31.7. The average molecular weight is 454 g/mol. The quantitative estimate of drug-likeness (QED) is 0.407. The highest BCUT2D eigenvalue weighted by atomic mass is 35.5. The Kier molecular flexibility index (Phi) is 5.52. The van der Waals surface area contributed by atoms with Gasteiger partial charge in [0.2, 0.25) is 0 Å².